The van der Waals surface area contributed by atoms with Gasteiger partial charge in [0, 0.05) is 24.5 Å². The van der Waals surface area contributed by atoms with E-state index in [1.165, 1.54) is 17.0 Å². The van der Waals surface area contributed by atoms with Gasteiger partial charge in [0.2, 0.25) is 0 Å². The lowest BCUT2D eigenvalue weighted by atomic mass is 9.97. The highest BCUT2D eigenvalue weighted by atomic mass is 35.5. The number of carbonyl (C=O) groups is 4. The van der Waals surface area contributed by atoms with Crippen molar-refractivity contribution in [3.05, 3.63) is 64.1 Å². The molecule has 0 saturated carbocycles. The van der Waals surface area contributed by atoms with Crippen LogP contribution in [0.4, 0.5) is 14.9 Å². The zero-order chi connectivity index (χ0) is 33.1. The number of hydrogen-bond acceptors (Lipinski definition) is 7. The van der Waals surface area contributed by atoms with Crippen molar-refractivity contribution < 1.29 is 33.0 Å². The zero-order valence-corrected chi connectivity index (χ0v) is 27.2. The maximum absolute atomic E-state index is 14.7. The number of nitrogens with zero attached hydrogens (tertiary/aromatic N) is 3. The number of esters is 1. The molecule has 1 N–H and O–H groups in total. The topological polar surface area (TPSA) is 118 Å². The molecule has 0 radical (unpaired) electrons. The smallest absolute Gasteiger partial charge is 0.427 e. The normalized spacial score (nSPS) is 11.6. The SMILES string of the molecule is CCN(CC)C(=O)c1nc2cc(F)ccc2c(OC(=O)C(C)(C)C)c1C(=O)N(NC(=O)OC(C)(C)C)c1ccc(C)cc1Cl. The van der Waals surface area contributed by atoms with E-state index in [2.05, 4.69) is 10.4 Å². The van der Waals surface area contributed by atoms with Crippen molar-refractivity contribution in [2.45, 2.75) is 67.9 Å². The van der Waals surface area contributed by atoms with Crippen molar-refractivity contribution in [1.82, 2.24) is 15.3 Å². The molecule has 0 unspecified atom stereocenters. The molecule has 1 aromatic heterocycles. The average molecular weight is 629 g/mol. The van der Waals surface area contributed by atoms with Crippen molar-refractivity contribution >= 4 is 52.1 Å². The second kappa shape index (κ2) is 13.2. The van der Waals surface area contributed by atoms with E-state index in [1.807, 2.05) is 0 Å². The van der Waals surface area contributed by atoms with Crippen LogP contribution in [0, 0.1) is 18.2 Å². The first-order valence-corrected chi connectivity index (χ1v) is 14.5. The van der Waals surface area contributed by atoms with Crippen LogP contribution in [0.1, 0.15) is 81.8 Å². The molecule has 3 rings (SSSR count). The number of carbonyl (C=O) groups excluding carboxylic acids is 4. The van der Waals surface area contributed by atoms with E-state index in [9.17, 15) is 23.6 Å². The summed E-state index contributed by atoms with van der Waals surface area (Å²) < 4.78 is 25.7. The summed E-state index contributed by atoms with van der Waals surface area (Å²) in [5.41, 5.74) is 0.410. The number of benzene rings is 2. The maximum Gasteiger partial charge on any atom is 0.427 e. The van der Waals surface area contributed by atoms with Crippen molar-refractivity contribution in [3.63, 3.8) is 0 Å². The van der Waals surface area contributed by atoms with E-state index in [0.29, 0.717) is 0 Å². The van der Waals surface area contributed by atoms with E-state index in [-0.39, 0.29) is 40.5 Å². The molecule has 0 atom stereocenters. The quantitative estimate of drug-likeness (QED) is 0.234. The summed E-state index contributed by atoms with van der Waals surface area (Å²) >= 11 is 6.56. The molecule has 0 aliphatic rings. The molecule has 0 aliphatic heterocycles. The molecular formula is C32H38ClFN4O6. The molecule has 10 nitrogen and oxygen atoms in total. The highest BCUT2D eigenvalue weighted by Gasteiger charge is 2.36. The van der Waals surface area contributed by atoms with Gasteiger partial charge in [-0.15, -0.1) is 0 Å². The van der Waals surface area contributed by atoms with Gasteiger partial charge in [-0.05, 0) is 92.1 Å². The number of nitrogens with one attached hydrogen (secondary N) is 1. The van der Waals surface area contributed by atoms with E-state index in [1.54, 1.807) is 74.4 Å². The first kappa shape index (κ1) is 34.2. The van der Waals surface area contributed by atoms with Crippen LogP contribution in [0.25, 0.3) is 10.9 Å². The van der Waals surface area contributed by atoms with Crippen LogP contribution in [-0.2, 0) is 9.53 Å². The molecular weight excluding hydrogens is 591 g/mol. The van der Waals surface area contributed by atoms with Gasteiger partial charge in [0.15, 0.2) is 5.75 Å². The third kappa shape index (κ3) is 7.82. The molecule has 1 heterocycles. The van der Waals surface area contributed by atoms with Crippen molar-refractivity contribution in [1.29, 1.82) is 0 Å². The third-order valence-corrected chi connectivity index (χ3v) is 6.63. The fourth-order valence-electron chi connectivity index (χ4n) is 4.09. The van der Waals surface area contributed by atoms with E-state index >= 15 is 0 Å². The monoisotopic (exact) mass is 628 g/mol. The molecule has 3 aromatic rings. The Labute approximate surface area is 261 Å². The Kier molecular flexibility index (Phi) is 10.3. The highest BCUT2D eigenvalue weighted by molar-refractivity contribution is 6.34. The second-order valence-corrected chi connectivity index (χ2v) is 12.6. The lowest BCUT2D eigenvalue weighted by molar-refractivity contribution is -0.142. The Bertz CT molecular complexity index is 1610. The summed E-state index contributed by atoms with van der Waals surface area (Å²) in [6.45, 7) is 15.6. The van der Waals surface area contributed by atoms with Crippen LogP contribution in [-0.4, -0.2) is 52.5 Å². The molecule has 44 heavy (non-hydrogen) atoms. The number of halogens is 2. The highest BCUT2D eigenvalue weighted by Crippen LogP contribution is 2.36. The maximum atomic E-state index is 14.7. The van der Waals surface area contributed by atoms with Gasteiger partial charge in [-0.3, -0.25) is 14.4 Å². The molecule has 0 bridgehead atoms. The summed E-state index contributed by atoms with van der Waals surface area (Å²) in [7, 11) is 0. The zero-order valence-electron chi connectivity index (χ0n) is 26.4. The Morgan fingerprint density at radius 2 is 1.59 bits per heavy atom. The molecule has 0 saturated heterocycles. The van der Waals surface area contributed by atoms with Gasteiger partial charge in [0.05, 0.1) is 21.6 Å². The van der Waals surface area contributed by atoms with Crippen LogP contribution in [0.2, 0.25) is 5.02 Å². The average Bonchev–Trinajstić information content (AvgIpc) is 2.90. The number of pyridine rings is 1. The molecule has 236 valence electrons. The molecule has 2 aromatic carbocycles. The van der Waals surface area contributed by atoms with Gasteiger partial charge in [-0.1, -0.05) is 17.7 Å². The summed E-state index contributed by atoms with van der Waals surface area (Å²) in [5.74, 6) is -3.39. The molecule has 0 fully saturated rings. The number of ether oxygens (including phenoxy) is 2. The van der Waals surface area contributed by atoms with Crippen molar-refractivity contribution in [3.8, 4) is 5.75 Å². The summed E-state index contributed by atoms with van der Waals surface area (Å²) in [5, 5.41) is 1.00. The van der Waals surface area contributed by atoms with Gasteiger partial charge in [-0.25, -0.2) is 24.6 Å². The number of aromatic nitrogens is 1. The number of amides is 3. The molecule has 12 heteroatoms. The number of fused-ring (bicyclic) bond motifs is 1. The van der Waals surface area contributed by atoms with E-state index in [4.69, 9.17) is 21.1 Å². The number of anilines is 1. The second-order valence-electron chi connectivity index (χ2n) is 12.2. The van der Waals surface area contributed by atoms with Gasteiger partial charge < -0.3 is 14.4 Å². The predicted molar refractivity (Wildman–Crippen MR) is 166 cm³/mol. The fraction of sp³-hybridized carbons (Fsp3) is 0.406. The Morgan fingerprint density at radius 1 is 0.955 bits per heavy atom. The minimum absolute atomic E-state index is 0.0196. The lowest BCUT2D eigenvalue weighted by Crippen LogP contribution is -2.49. The Morgan fingerprint density at radius 3 is 2.14 bits per heavy atom. The third-order valence-electron chi connectivity index (χ3n) is 6.32. The molecule has 0 aliphatic carbocycles. The Hall–Kier alpha value is -4.25. The first-order chi connectivity index (χ1) is 20.4. The fourth-order valence-corrected chi connectivity index (χ4v) is 4.41. The lowest BCUT2D eigenvalue weighted by Gasteiger charge is -2.29. The summed E-state index contributed by atoms with van der Waals surface area (Å²) in [6.07, 6.45) is -0.997. The van der Waals surface area contributed by atoms with Crippen LogP contribution in [0.3, 0.4) is 0 Å². The van der Waals surface area contributed by atoms with Crippen molar-refractivity contribution in [2.24, 2.45) is 5.41 Å². The first-order valence-electron chi connectivity index (χ1n) is 14.1. The van der Waals surface area contributed by atoms with Gasteiger partial charge >= 0.3 is 12.1 Å². The van der Waals surface area contributed by atoms with Crippen LogP contribution in [0.5, 0.6) is 5.75 Å². The van der Waals surface area contributed by atoms with Gasteiger partial charge in [0.25, 0.3) is 11.8 Å². The van der Waals surface area contributed by atoms with Crippen LogP contribution >= 0.6 is 11.6 Å². The molecule has 3 amide bonds. The molecule has 0 spiro atoms. The summed E-state index contributed by atoms with van der Waals surface area (Å²) in [4.78, 5) is 60.7. The number of aryl methyl sites for hydroxylation is 1. The largest absolute Gasteiger partial charge is 0.443 e. The summed E-state index contributed by atoms with van der Waals surface area (Å²) in [6, 6.07) is 8.25. The van der Waals surface area contributed by atoms with Gasteiger partial charge in [-0.2, -0.15) is 0 Å². The minimum Gasteiger partial charge on any atom is -0.443 e. The van der Waals surface area contributed by atoms with Crippen molar-refractivity contribution in [2.75, 3.05) is 18.1 Å². The van der Waals surface area contributed by atoms with Gasteiger partial charge in [0.1, 0.15) is 22.7 Å². The standard InChI is InChI=1S/C32H38ClFN4O6/c1-10-37(11-2)28(40)25-24(26(43-29(41)31(4,5)6)20-14-13-19(34)17-22(20)35-25)27(39)38(36-30(42)44-32(7,8)9)23-15-12-18(3)16-21(23)33/h12-17H,10-11H2,1-9H3,(H,36,42). The Balaban J connectivity index is 2.44. The predicted octanol–water partition coefficient (Wildman–Crippen LogP) is 6.86. The van der Waals surface area contributed by atoms with Crippen LogP contribution < -0.4 is 15.2 Å². The number of hydrogen-bond donors (Lipinski definition) is 1. The minimum atomic E-state index is -1.03. The van der Waals surface area contributed by atoms with E-state index < -0.39 is 52.0 Å². The number of rotatable bonds is 6. The van der Waals surface area contributed by atoms with E-state index in [0.717, 1.165) is 22.7 Å². The van der Waals surface area contributed by atoms with Crippen LogP contribution in [0.15, 0.2) is 36.4 Å². The number of hydrazine groups is 1.